The second-order valence-corrected chi connectivity index (χ2v) is 42.9. The van der Waals surface area contributed by atoms with E-state index in [9.17, 15) is 4.39 Å². The van der Waals surface area contributed by atoms with E-state index in [1.165, 1.54) is 210 Å². The topological polar surface area (TPSA) is 57.4 Å². The van der Waals surface area contributed by atoms with Crippen LogP contribution in [0, 0.1) is 54.3 Å². The van der Waals surface area contributed by atoms with Gasteiger partial charge in [0.1, 0.15) is 107 Å². The number of rotatable bonds is 17. The molecular weight excluding hydrogens is 1790 g/mol. The molecular formula is C132H140FN10OS+5. The SMILES string of the molecule is Cc1cc(C(C)C)c(-n2cc[n+](C)c2-c2ccccc2C)c(C(C)C)c1.Cc1cc(F)ccc1-c1n(-c2c(-c3ccccc3)cc(C(C)C)cc2-c2ccccc2)cc[n+]1C.Cc1cccc2c3ccccc3[n+]3cc(C)n(C)c3c12.Cc1ccccc1-c1n(-c2c(C(C)C)cc3c(oc4ccccc43)c2C(C)C)cc[n+]1C.Cc1ccccc1-c1n(-c2c(C(C)C)cc3c(sc4ccccc43)c2C(C)C)cc[n+]1C. The molecule has 732 valence electrons. The fourth-order valence-corrected chi connectivity index (χ4v) is 23.1. The number of nitrogens with zero attached hydrogens (tertiary/aromatic N) is 10. The summed E-state index contributed by atoms with van der Waals surface area (Å²) < 4.78 is 46.2. The van der Waals surface area contributed by atoms with Crippen LogP contribution in [0.3, 0.4) is 0 Å². The predicted octanol–water partition coefficient (Wildman–Crippen LogP) is 32.7. The van der Waals surface area contributed by atoms with Gasteiger partial charge in [0.05, 0.1) is 62.9 Å². The fraction of sp³-hybridized carbons (Fsp3) is 0.250. The Kier molecular flexibility index (Phi) is 28.9. The maximum atomic E-state index is 14.0. The van der Waals surface area contributed by atoms with Gasteiger partial charge in [0.25, 0.3) is 28.9 Å². The first-order valence-corrected chi connectivity index (χ1v) is 52.4. The molecule has 0 unspecified atom stereocenters. The van der Waals surface area contributed by atoms with Crippen LogP contribution in [0.1, 0.15) is 216 Å². The number of benzene rings is 14. The van der Waals surface area contributed by atoms with E-state index in [-0.39, 0.29) is 5.82 Å². The molecule has 14 aromatic carbocycles. The average Bonchev–Trinajstić information content (AvgIpc) is 1.59. The van der Waals surface area contributed by atoms with Gasteiger partial charge in [-0.15, -0.1) is 11.3 Å². The van der Waals surface area contributed by atoms with Crippen LogP contribution >= 0.6 is 11.3 Å². The van der Waals surface area contributed by atoms with Crippen LogP contribution in [0.5, 0.6) is 0 Å². The van der Waals surface area contributed by atoms with Gasteiger partial charge in [-0.1, -0.05) is 303 Å². The quantitative estimate of drug-likeness (QED) is 0.0662. The Balaban J connectivity index is 0.000000120. The fourth-order valence-electron chi connectivity index (χ4n) is 21.7. The molecule has 0 bridgehead atoms. The minimum absolute atomic E-state index is 0.219. The number of furan rings is 1. The Bertz CT molecular complexity index is 8270. The molecule has 0 N–H and O–H groups in total. The summed E-state index contributed by atoms with van der Waals surface area (Å²) in [4.78, 5) is 0. The molecule has 0 saturated carbocycles. The number of imidazole rings is 5. The Labute approximate surface area is 860 Å². The number of para-hydroxylation sites is 2. The van der Waals surface area contributed by atoms with Gasteiger partial charge in [-0.25, -0.2) is 27.2 Å². The third kappa shape index (κ3) is 19.1. The zero-order valence-corrected chi connectivity index (χ0v) is 90.3. The Morgan fingerprint density at radius 3 is 1.19 bits per heavy atom. The van der Waals surface area contributed by atoms with Crippen LogP contribution in [0.2, 0.25) is 0 Å². The highest BCUT2D eigenvalue weighted by Gasteiger charge is 2.36. The van der Waals surface area contributed by atoms with Crippen molar-refractivity contribution < 1.29 is 31.5 Å². The number of fused-ring (bicyclic) bond motifs is 12. The van der Waals surface area contributed by atoms with E-state index < -0.39 is 0 Å². The van der Waals surface area contributed by atoms with E-state index in [1.54, 1.807) is 6.07 Å². The molecule has 0 fully saturated rings. The first-order chi connectivity index (χ1) is 69.7. The lowest BCUT2D eigenvalue weighted by molar-refractivity contribution is -0.659. The van der Waals surface area contributed by atoms with Crippen molar-refractivity contribution in [1.29, 1.82) is 0 Å². The molecule has 8 aromatic heterocycles. The van der Waals surface area contributed by atoms with Gasteiger partial charge in [-0.3, -0.25) is 0 Å². The van der Waals surface area contributed by atoms with Crippen molar-refractivity contribution >= 4 is 80.8 Å². The third-order valence-electron chi connectivity index (χ3n) is 29.2. The monoisotopic (exact) mass is 1930 g/mol. The molecule has 13 heteroatoms. The highest BCUT2D eigenvalue weighted by molar-refractivity contribution is 7.26. The lowest BCUT2D eigenvalue weighted by Crippen LogP contribution is -2.29. The van der Waals surface area contributed by atoms with Crippen LogP contribution in [0.4, 0.5) is 4.39 Å². The molecule has 0 spiro atoms. The van der Waals surface area contributed by atoms with E-state index in [0.29, 0.717) is 41.4 Å². The molecule has 0 saturated heterocycles. The van der Waals surface area contributed by atoms with E-state index in [4.69, 9.17) is 4.42 Å². The van der Waals surface area contributed by atoms with Crippen molar-refractivity contribution in [2.75, 3.05) is 0 Å². The number of hydrogen-bond acceptors (Lipinski definition) is 2. The Morgan fingerprint density at radius 2 is 0.717 bits per heavy atom. The number of pyridine rings is 1. The van der Waals surface area contributed by atoms with Crippen molar-refractivity contribution in [3.8, 4) is 90.6 Å². The molecule has 0 aliphatic carbocycles. The van der Waals surface area contributed by atoms with E-state index in [1.807, 2.05) is 37.4 Å². The molecule has 8 heterocycles. The van der Waals surface area contributed by atoms with Crippen molar-refractivity contribution in [3.05, 3.63) is 419 Å². The minimum Gasteiger partial charge on any atom is -0.456 e. The highest BCUT2D eigenvalue weighted by atomic mass is 32.1. The zero-order chi connectivity index (χ0) is 103. The van der Waals surface area contributed by atoms with Gasteiger partial charge in [0.15, 0.2) is 0 Å². The molecule has 22 aromatic rings. The Morgan fingerprint density at radius 1 is 0.317 bits per heavy atom. The van der Waals surface area contributed by atoms with Crippen LogP contribution < -0.4 is 22.7 Å². The van der Waals surface area contributed by atoms with Crippen molar-refractivity contribution in [2.45, 2.75) is 187 Å². The van der Waals surface area contributed by atoms with Crippen LogP contribution in [0.15, 0.2) is 339 Å². The lowest BCUT2D eigenvalue weighted by atomic mass is 9.89. The van der Waals surface area contributed by atoms with Gasteiger partial charge < -0.3 is 4.42 Å². The largest absolute Gasteiger partial charge is 0.456 e. The van der Waals surface area contributed by atoms with Gasteiger partial charge >= 0.3 is 0 Å². The second-order valence-electron chi connectivity index (χ2n) is 41.8. The summed E-state index contributed by atoms with van der Waals surface area (Å²) in [6.07, 6.45) is 19.6. The zero-order valence-electron chi connectivity index (χ0n) is 89.5. The maximum absolute atomic E-state index is 14.0. The number of aromatic nitrogens is 10. The van der Waals surface area contributed by atoms with Gasteiger partial charge in [-0.2, -0.15) is 22.7 Å². The molecule has 0 aliphatic rings. The summed E-state index contributed by atoms with van der Waals surface area (Å²) in [6, 6.07) is 98.7. The molecule has 0 radical (unpaired) electrons. The number of aryl methyl sites for hydroxylation is 12. The summed E-state index contributed by atoms with van der Waals surface area (Å²) in [5.41, 5.74) is 37.4. The van der Waals surface area contributed by atoms with Crippen molar-refractivity contribution in [3.63, 3.8) is 0 Å². The summed E-state index contributed by atoms with van der Waals surface area (Å²) >= 11 is 1.94. The summed E-state index contributed by atoms with van der Waals surface area (Å²) in [5, 5.41) is 9.18. The first-order valence-electron chi connectivity index (χ1n) is 51.6. The van der Waals surface area contributed by atoms with Crippen LogP contribution in [-0.4, -0.2) is 22.8 Å². The molecule has 145 heavy (non-hydrogen) atoms. The highest BCUT2D eigenvalue weighted by Crippen LogP contribution is 2.49. The number of hydrogen-bond donors (Lipinski definition) is 0. The van der Waals surface area contributed by atoms with E-state index in [0.717, 1.165) is 33.8 Å². The normalized spacial score (nSPS) is 11.7. The first kappa shape index (κ1) is 100. The second kappa shape index (κ2) is 41.8. The van der Waals surface area contributed by atoms with E-state index >= 15 is 0 Å². The van der Waals surface area contributed by atoms with Crippen LogP contribution in [-0.2, 0) is 35.2 Å². The summed E-state index contributed by atoms with van der Waals surface area (Å²) in [6.45, 7) is 47.2. The third-order valence-corrected chi connectivity index (χ3v) is 30.5. The van der Waals surface area contributed by atoms with Crippen molar-refractivity contribution in [1.82, 2.24) is 22.8 Å². The Hall–Kier alpha value is -14.9. The molecule has 0 amide bonds. The van der Waals surface area contributed by atoms with E-state index in [2.05, 4.69) is 523 Å². The maximum Gasteiger partial charge on any atom is 0.294 e. The lowest BCUT2D eigenvalue weighted by Gasteiger charge is -2.19. The standard InChI is InChI=1S/C32H30FN2.C29H31N2O.C29H31N2S.C24H31N2.C18H17N2/c1-22(2)26-20-29(24-11-7-5-8-12-24)31(30(21-26)25-13-9-6-10-14-25)35-18-17-34(4)32(35)28-16-15-27(33)19-23(28)3;2*1-18(2)23-17-24-22-13-9-10-14-25(22)32-28(24)26(19(3)4)27(23)31-16-15-30(6)29(31)21-12-8-7-11-20(21)5;1-16(2)21-14-18(5)15-22(17(3)4)23(21)26-13-12-25(7)24(26)20-11-9-8-10-19(20)6;1-12-7-6-9-15-14-8-4-5-10-16(14)20-11-13(2)19(3)18(20)17(12)15/h5-22H,1-4H3;2*7-19H,1-6H3;8-17H,1-7H3;4-11H,1-3H3/q5*+1. The number of thiophene rings is 1. The van der Waals surface area contributed by atoms with Gasteiger partial charge in [0, 0.05) is 93.1 Å². The minimum atomic E-state index is -0.219. The van der Waals surface area contributed by atoms with Gasteiger partial charge in [-0.05, 0) is 206 Å². The van der Waals surface area contributed by atoms with Crippen molar-refractivity contribution in [2.24, 2.45) is 35.2 Å². The number of halogens is 1. The summed E-state index contributed by atoms with van der Waals surface area (Å²) in [7, 11) is 10.6. The average molecular weight is 1930 g/mol. The summed E-state index contributed by atoms with van der Waals surface area (Å²) in [5.74, 6) is 7.28. The molecule has 22 rings (SSSR count). The van der Waals surface area contributed by atoms with Gasteiger partial charge in [0.2, 0.25) is 0 Å². The molecule has 11 nitrogen and oxygen atoms in total. The van der Waals surface area contributed by atoms with Crippen LogP contribution in [0.25, 0.3) is 160 Å². The molecule has 0 aliphatic heterocycles. The molecule has 0 atom stereocenters. The predicted molar refractivity (Wildman–Crippen MR) is 606 cm³/mol. The smallest absolute Gasteiger partial charge is 0.294 e.